The van der Waals surface area contributed by atoms with Crippen molar-refractivity contribution in [1.29, 1.82) is 0 Å². The van der Waals surface area contributed by atoms with E-state index in [0.717, 1.165) is 33.7 Å². The second kappa shape index (κ2) is 51.2. The van der Waals surface area contributed by atoms with Crippen LogP contribution < -0.4 is 0 Å². The van der Waals surface area contributed by atoms with Crippen molar-refractivity contribution >= 4 is 0 Å². The van der Waals surface area contributed by atoms with Crippen molar-refractivity contribution in [3.8, 4) is 0 Å². The largest absolute Gasteiger partial charge is 2.00 e. The van der Waals surface area contributed by atoms with Crippen LogP contribution in [0.5, 0.6) is 0 Å². The molecule has 0 aromatic heterocycles. The van der Waals surface area contributed by atoms with Crippen LogP contribution in [0.4, 0.5) is 0 Å². The molecule has 0 aliphatic carbocycles. The fourth-order valence-electron chi connectivity index (χ4n) is 0.316. The predicted octanol–water partition coefficient (Wildman–Crippen LogP) is 1.82. The minimum Gasteiger partial charge on any atom is -0.504 e. The zero-order valence-corrected chi connectivity index (χ0v) is 11.3. The molecule has 0 saturated carbocycles. The summed E-state index contributed by atoms with van der Waals surface area (Å²) >= 11 is 0. The Morgan fingerprint density at radius 1 is 1.21 bits per heavy atom. The Labute approximate surface area is 104 Å². The van der Waals surface area contributed by atoms with Crippen molar-refractivity contribution in [1.82, 2.24) is 0 Å². The third-order valence-electron chi connectivity index (χ3n) is 0.690. The molecular weight excluding hydrogens is 216 g/mol. The van der Waals surface area contributed by atoms with Gasteiger partial charge in [0.1, 0.15) is 0 Å². The van der Waals surface area contributed by atoms with Crippen molar-refractivity contribution in [3.05, 3.63) is 26.7 Å². The van der Waals surface area contributed by atoms with Crippen LogP contribution in [0.3, 0.4) is 0 Å². The first-order valence-corrected chi connectivity index (χ1v) is 3.87. The van der Waals surface area contributed by atoms with Gasteiger partial charge < -0.3 is 29.3 Å². The van der Waals surface area contributed by atoms with Gasteiger partial charge in [0, 0.05) is 14.2 Å². The SMILES string of the molecule is CO.CO.[CH2-]CCOC=CCC.[CH3-].[Ti+2]. The molecule has 0 unspecified atom stereocenters. The maximum atomic E-state index is 7.00. The molecule has 3 nitrogen and oxygen atoms in total. The van der Waals surface area contributed by atoms with E-state index in [9.17, 15) is 0 Å². The smallest absolute Gasteiger partial charge is 0.504 e. The standard InChI is InChI=1S/C7H13O.2CH4O.CH3.Ti/c1-3-5-7-8-6-4-2;2*1-2;;/h5,7H,2-4,6H2,1H3;2*2H,1H3;1H3;/q-1;;;-1;+2. The molecule has 0 atom stereocenters. The van der Waals surface area contributed by atoms with Crippen LogP contribution >= 0.6 is 0 Å². The number of hydrogen-bond acceptors (Lipinski definition) is 3. The third-order valence-corrected chi connectivity index (χ3v) is 0.690. The molecule has 14 heavy (non-hydrogen) atoms. The van der Waals surface area contributed by atoms with Crippen molar-refractivity contribution in [3.63, 3.8) is 0 Å². The van der Waals surface area contributed by atoms with E-state index >= 15 is 0 Å². The van der Waals surface area contributed by atoms with Gasteiger partial charge in [-0.2, -0.15) is 0 Å². The van der Waals surface area contributed by atoms with E-state index in [2.05, 4.69) is 13.8 Å². The fraction of sp³-hybridized carbons (Fsp3) is 0.600. The Morgan fingerprint density at radius 2 is 1.64 bits per heavy atom. The van der Waals surface area contributed by atoms with Crippen LogP contribution in [-0.4, -0.2) is 31.0 Å². The maximum absolute atomic E-state index is 7.00. The zero-order valence-electron chi connectivity index (χ0n) is 9.79. The Hall–Kier alpha value is 0.174. The van der Waals surface area contributed by atoms with Crippen LogP contribution in [0.1, 0.15) is 19.8 Å². The summed E-state index contributed by atoms with van der Waals surface area (Å²) in [4.78, 5) is 0. The molecule has 0 amide bonds. The summed E-state index contributed by atoms with van der Waals surface area (Å²) in [7, 11) is 2.00. The van der Waals surface area contributed by atoms with Gasteiger partial charge in [-0.1, -0.05) is 13.0 Å². The maximum Gasteiger partial charge on any atom is 2.00 e. The molecule has 0 rings (SSSR count). The third kappa shape index (κ3) is 56.8. The van der Waals surface area contributed by atoms with E-state index in [1.165, 1.54) is 0 Å². The number of hydrogen-bond donors (Lipinski definition) is 2. The number of rotatable bonds is 4. The predicted molar refractivity (Wildman–Crippen MR) is 58.1 cm³/mol. The van der Waals surface area contributed by atoms with Gasteiger partial charge in [0.15, 0.2) is 0 Å². The van der Waals surface area contributed by atoms with Gasteiger partial charge in [-0.3, -0.25) is 0 Å². The Balaban J connectivity index is -0.0000000400. The van der Waals surface area contributed by atoms with Gasteiger partial charge >= 0.3 is 21.7 Å². The number of aliphatic hydroxyl groups is 2. The molecule has 4 heteroatoms. The molecule has 86 valence electrons. The van der Waals surface area contributed by atoms with Gasteiger partial charge in [0.05, 0.1) is 12.9 Å². The molecule has 0 heterocycles. The van der Waals surface area contributed by atoms with Crippen molar-refractivity contribution in [2.24, 2.45) is 0 Å². The molecule has 0 saturated heterocycles. The first-order chi connectivity index (χ1) is 5.91. The molecule has 0 radical (unpaired) electrons. The summed E-state index contributed by atoms with van der Waals surface area (Å²) in [6.07, 6.45) is 5.59. The molecule has 2 N–H and O–H groups in total. The van der Waals surface area contributed by atoms with Crippen LogP contribution in [0.25, 0.3) is 0 Å². The molecule has 0 fully saturated rings. The first kappa shape index (κ1) is 29.2. The van der Waals surface area contributed by atoms with E-state index < -0.39 is 0 Å². The van der Waals surface area contributed by atoms with Gasteiger partial charge in [-0.25, -0.2) is 0 Å². The molecule has 0 aliphatic rings. The minimum absolute atomic E-state index is 0. The average molecular weight is 240 g/mol. The van der Waals surface area contributed by atoms with E-state index in [4.69, 9.17) is 14.9 Å². The fourth-order valence-corrected chi connectivity index (χ4v) is 0.316. The minimum atomic E-state index is 0. The van der Waals surface area contributed by atoms with Crippen molar-refractivity contribution in [2.45, 2.75) is 19.8 Å². The Morgan fingerprint density at radius 3 is 1.93 bits per heavy atom. The molecule has 0 spiro atoms. The summed E-state index contributed by atoms with van der Waals surface area (Å²) in [5, 5.41) is 14.0. The van der Waals surface area contributed by atoms with Gasteiger partial charge in [0.2, 0.25) is 0 Å². The second-order valence-corrected chi connectivity index (χ2v) is 1.50. The van der Waals surface area contributed by atoms with E-state index in [-0.39, 0.29) is 29.1 Å². The van der Waals surface area contributed by atoms with Gasteiger partial charge in [-0.15, -0.1) is 6.42 Å². The van der Waals surface area contributed by atoms with Crippen LogP contribution in [0.2, 0.25) is 0 Å². The molecule has 0 bridgehead atoms. The number of ether oxygens (including phenoxy) is 1. The summed E-state index contributed by atoms with van der Waals surface area (Å²) in [5.74, 6) is 0. The quantitative estimate of drug-likeness (QED) is 0.341. The topological polar surface area (TPSA) is 49.7 Å². The Bertz CT molecular complexity index is 68.4. The van der Waals surface area contributed by atoms with E-state index in [1.54, 1.807) is 6.26 Å². The number of allylic oxidation sites excluding steroid dienone is 1. The summed E-state index contributed by atoms with van der Waals surface area (Å²) in [6.45, 7) is 6.43. The normalized spacial score (nSPS) is 6.71. The summed E-state index contributed by atoms with van der Waals surface area (Å²) < 4.78 is 4.98. The van der Waals surface area contributed by atoms with Crippen LogP contribution in [0, 0.1) is 14.4 Å². The van der Waals surface area contributed by atoms with Gasteiger partial charge in [0.25, 0.3) is 0 Å². The zero-order chi connectivity index (χ0) is 10.2. The molecule has 0 aromatic rings. The van der Waals surface area contributed by atoms with Crippen LogP contribution in [-0.2, 0) is 26.5 Å². The molecule has 0 aromatic carbocycles. The van der Waals surface area contributed by atoms with Crippen LogP contribution in [0.15, 0.2) is 12.3 Å². The first-order valence-electron chi connectivity index (χ1n) is 3.87. The van der Waals surface area contributed by atoms with Crippen molar-refractivity contribution in [2.75, 3.05) is 20.8 Å². The molecule has 0 aliphatic heterocycles. The number of aliphatic hydroxyl groups excluding tert-OH is 2. The second-order valence-electron chi connectivity index (χ2n) is 1.50. The average Bonchev–Trinajstić information content (AvgIpc) is 2.19. The van der Waals surface area contributed by atoms with E-state index in [1.807, 2.05) is 6.08 Å². The summed E-state index contributed by atoms with van der Waals surface area (Å²) in [5.41, 5.74) is 0. The summed E-state index contributed by atoms with van der Waals surface area (Å²) in [6, 6.07) is 0. The van der Waals surface area contributed by atoms with Crippen molar-refractivity contribution < 1.29 is 36.7 Å². The Kier molecular flexibility index (Phi) is 107. The van der Waals surface area contributed by atoms with E-state index in [0.29, 0.717) is 0 Å². The monoisotopic (exact) mass is 240 g/mol. The van der Waals surface area contributed by atoms with Gasteiger partial charge in [-0.05, 0) is 6.42 Å². The molecular formula is C10H24O3Ti.